The van der Waals surface area contributed by atoms with Crippen LogP contribution < -0.4 is 10.9 Å². The lowest BCUT2D eigenvalue weighted by Crippen LogP contribution is -2.16. The number of anilines is 2. The van der Waals surface area contributed by atoms with E-state index >= 15 is 0 Å². The van der Waals surface area contributed by atoms with E-state index in [4.69, 9.17) is 0 Å². The zero-order valence-electron chi connectivity index (χ0n) is 15.5. The zero-order valence-corrected chi connectivity index (χ0v) is 15.5. The van der Waals surface area contributed by atoms with Crippen LogP contribution in [0.25, 0.3) is 0 Å². The molecule has 2 N–H and O–H groups in total. The number of nitro benzene ring substituents is 2. The summed E-state index contributed by atoms with van der Waals surface area (Å²) in [6.07, 6.45) is 1.24. The number of nitro groups is 2. The monoisotopic (exact) mass is 384 g/mol. The molecule has 2 rings (SSSR count). The van der Waals surface area contributed by atoms with E-state index < -0.39 is 9.85 Å². The van der Waals surface area contributed by atoms with Crippen LogP contribution in [0.15, 0.2) is 58.7 Å². The fraction of sp³-hybridized carbons (Fsp3) is 0.222. The molecular weight excluding hydrogens is 364 g/mol. The first-order chi connectivity index (χ1) is 13.4. The van der Waals surface area contributed by atoms with Crippen LogP contribution in [0.4, 0.5) is 22.7 Å². The Labute approximate surface area is 161 Å². The summed E-state index contributed by atoms with van der Waals surface area (Å²) in [4.78, 5) is 20.5. The Kier molecular flexibility index (Phi) is 7.14. The van der Waals surface area contributed by atoms with Crippen LogP contribution in [0.2, 0.25) is 0 Å². The van der Waals surface area contributed by atoms with Crippen LogP contribution in [-0.4, -0.2) is 21.3 Å². The fourth-order valence-electron chi connectivity index (χ4n) is 2.27. The van der Waals surface area contributed by atoms with Gasteiger partial charge in [-0.15, -0.1) is 0 Å². The van der Waals surface area contributed by atoms with Gasteiger partial charge in [0.05, 0.1) is 32.6 Å². The van der Waals surface area contributed by atoms with Gasteiger partial charge in [-0.05, 0) is 37.1 Å². The number of nitrogens with zero attached hydrogens (tertiary/aromatic N) is 4. The summed E-state index contributed by atoms with van der Waals surface area (Å²) in [6, 6.07) is 11.9. The van der Waals surface area contributed by atoms with E-state index in [0.717, 1.165) is 11.4 Å². The number of hydrazone groups is 2. The third-order valence-electron chi connectivity index (χ3n) is 3.80. The van der Waals surface area contributed by atoms with Gasteiger partial charge in [0.15, 0.2) is 0 Å². The Bertz CT molecular complexity index is 816. The predicted octanol–water partition coefficient (Wildman–Crippen LogP) is 4.56. The molecule has 0 aliphatic heterocycles. The molecule has 0 aliphatic rings. The van der Waals surface area contributed by atoms with Gasteiger partial charge in [-0.2, -0.15) is 10.2 Å². The molecule has 0 unspecified atom stereocenters. The molecule has 146 valence electrons. The van der Waals surface area contributed by atoms with Crippen LogP contribution >= 0.6 is 0 Å². The summed E-state index contributed by atoms with van der Waals surface area (Å²) in [6.45, 7) is 3.88. The minimum absolute atomic E-state index is 0.00773. The van der Waals surface area contributed by atoms with Crippen LogP contribution in [-0.2, 0) is 0 Å². The molecule has 0 bridgehead atoms. The van der Waals surface area contributed by atoms with Crippen molar-refractivity contribution in [2.45, 2.75) is 26.7 Å². The number of benzene rings is 2. The quantitative estimate of drug-likeness (QED) is 0.369. The van der Waals surface area contributed by atoms with Crippen molar-refractivity contribution in [2.75, 3.05) is 10.9 Å². The fourth-order valence-corrected chi connectivity index (χ4v) is 2.27. The van der Waals surface area contributed by atoms with E-state index in [2.05, 4.69) is 21.1 Å². The van der Waals surface area contributed by atoms with E-state index in [0.29, 0.717) is 24.2 Å². The molecule has 0 saturated heterocycles. The lowest BCUT2D eigenvalue weighted by Gasteiger charge is -2.08. The van der Waals surface area contributed by atoms with Crippen molar-refractivity contribution in [1.82, 2.24) is 0 Å². The first-order valence-corrected chi connectivity index (χ1v) is 8.59. The highest BCUT2D eigenvalue weighted by molar-refractivity contribution is 6.42. The van der Waals surface area contributed by atoms with Gasteiger partial charge in [0.2, 0.25) is 0 Å². The van der Waals surface area contributed by atoms with Gasteiger partial charge in [-0.1, -0.05) is 13.8 Å². The van der Waals surface area contributed by atoms with Crippen molar-refractivity contribution >= 4 is 34.2 Å². The molecule has 10 heteroatoms. The highest BCUT2D eigenvalue weighted by Gasteiger charge is 2.08. The standard InChI is InChI=1S/C18H20N6O4/c1-3-17(21-19-13-5-9-15(10-6-13)23(25)26)18(4-2)22-20-14-7-11-16(12-8-14)24(27)28/h5-12,19-20H,3-4H2,1-2H3/b21-17-,22-18-. The van der Waals surface area contributed by atoms with Crippen LogP contribution in [0.5, 0.6) is 0 Å². The van der Waals surface area contributed by atoms with E-state index in [1.807, 2.05) is 13.8 Å². The summed E-state index contributed by atoms with van der Waals surface area (Å²) in [5.41, 5.74) is 8.45. The molecule has 2 aromatic rings. The number of rotatable bonds is 9. The van der Waals surface area contributed by atoms with Gasteiger partial charge in [0.1, 0.15) is 0 Å². The molecular formula is C18H20N6O4. The number of hydrogen-bond donors (Lipinski definition) is 2. The average Bonchev–Trinajstić information content (AvgIpc) is 2.71. The molecule has 0 aromatic heterocycles. The van der Waals surface area contributed by atoms with E-state index in [1.165, 1.54) is 24.3 Å². The van der Waals surface area contributed by atoms with Gasteiger partial charge >= 0.3 is 0 Å². The van der Waals surface area contributed by atoms with Crippen molar-refractivity contribution in [2.24, 2.45) is 10.2 Å². The van der Waals surface area contributed by atoms with Gasteiger partial charge in [-0.25, -0.2) is 0 Å². The smallest absolute Gasteiger partial charge is 0.269 e. The van der Waals surface area contributed by atoms with Gasteiger partial charge < -0.3 is 0 Å². The Morgan fingerprint density at radius 3 is 1.32 bits per heavy atom. The number of non-ortho nitro benzene ring substituents is 2. The SMILES string of the molecule is CCC(=N/Nc1ccc([N+](=O)[O-])cc1)/C(CC)=N\Nc1ccc([N+](=O)[O-])cc1. The van der Waals surface area contributed by atoms with Crippen molar-refractivity contribution in [3.63, 3.8) is 0 Å². The maximum Gasteiger partial charge on any atom is 0.269 e. The summed E-state index contributed by atoms with van der Waals surface area (Å²) in [7, 11) is 0. The molecule has 0 amide bonds. The summed E-state index contributed by atoms with van der Waals surface area (Å²) >= 11 is 0. The Morgan fingerprint density at radius 2 is 1.07 bits per heavy atom. The van der Waals surface area contributed by atoms with Crippen LogP contribution in [0.1, 0.15) is 26.7 Å². The second kappa shape index (κ2) is 9.76. The van der Waals surface area contributed by atoms with Crippen molar-refractivity contribution in [3.8, 4) is 0 Å². The molecule has 0 heterocycles. The molecule has 10 nitrogen and oxygen atoms in total. The first-order valence-electron chi connectivity index (χ1n) is 8.59. The molecule has 0 saturated carbocycles. The van der Waals surface area contributed by atoms with E-state index in [9.17, 15) is 20.2 Å². The Hall–Kier alpha value is -3.82. The summed E-state index contributed by atoms with van der Waals surface area (Å²) < 4.78 is 0. The number of hydrogen-bond acceptors (Lipinski definition) is 8. The molecule has 0 fully saturated rings. The van der Waals surface area contributed by atoms with Gasteiger partial charge in [0.25, 0.3) is 11.4 Å². The molecule has 0 spiro atoms. The second-order valence-corrected chi connectivity index (χ2v) is 5.66. The third-order valence-corrected chi connectivity index (χ3v) is 3.80. The zero-order chi connectivity index (χ0) is 20.5. The molecule has 0 atom stereocenters. The first kappa shape index (κ1) is 20.5. The molecule has 0 aliphatic carbocycles. The maximum absolute atomic E-state index is 10.7. The average molecular weight is 384 g/mol. The van der Waals surface area contributed by atoms with E-state index in [1.54, 1.807) is 24.3 Å². The van der Waals surface area contributed by atoms with Crippen molar-refractivity contribution < 1.29 is 9.85 Å². The molecule has 0 radical (unpaired) electrons. The second-order valence-electron chi connectivity index (χ2n) is 5.66. The lowest BCUT2D eigenvalue weighted by atomic mass is 10.1. The summed E-state index contributed by atoms with van der Waals surface area (Å²) in [5, 5.41) is 30.1. The maximum atomic E-state index is 10.7. The summed E-state index contributed by atoms with van der Waals surface area (Å²) in [5.74, 6) is 0. The highest BCUT2D eigenvalue weighted by Crippen LogP contribution is 2.17. The van der Waals surface area contributed by atoms with Crippen molar-refractivity contribution in [3.05, 3.63) is 68.8 Å². The van der Waals surface area contributed by atoms with Crippen LogP contribution in [0, 0.1) is 20.2 Å². The number of nitrogens with one attached hydrogen (secondary N) is 2. The molecule has 28 heavy (non-hydrogen) atoms. The largest absolute Gasteiger partial charge is 0.278 e. The third kappa shape index (κ3) is 5.59. The van der Waals surface area contributed by atoms with Crippen molar-refractivity contribution in [1.29, 1.82) is 0 Å². The van der Waals surface area contributed by atoms with Gasteiger partial charge in [-0.3, -0.25) is 31.1 Å². The van der Waals surface area contributed by atoms with Gasteiger partial charge in [0, 0.05) is 24.3 Å². The topological polar surface area (TPSA) is 135 Å². The lowest BCUT2D eigenvalue weighted by molar-refractivity contribution is -0.385. The minimum atomic E-state index is -0.462. The predicted molar refractivity (Wildman–Crippen MR) is 109 cm³/mol. The normalized spacial score (nSPS) is 11.8. The highest BCUT2D eigenvalue weighted by atomic mass is 16.6. The van der Waals surface area contributed by atoms with E-state index in [-0.39, 0.29) is 11.4 Å². The minimum Gasteiger partial charge on any atom is -0.278 e. The van der Waals surface area contributed by atoms with Crippen LogP contribution in [0.3, 0.4) is 0 Å². The molecule has 2 aromatic carbocycles. The Morgan fingerprint density at radius 1 is 0.750 bits per heavy atom. The Balaban J connectivity index is 2.10.